The van der Waals surface area contributed by atoms with Crippen LogP contribution in [0.15, 0.2) is 24.4 Å². The third-order valence-corrected chi connectivity index (χ3v) is 3.21. The lowest BCUT2D eigenvalue weighted by atomic mass is 9.97. The van der Waals surface area contributed by atoms with Crippen molar-refractivity contribution in [2.24, 2.45) is 0 Å². The van der Waals surface area contributed by atoms with Gasteiger partial charge in [-0.25, -0.2) is 0 Å². The van der Waals surface area contributed by atoms with Crippen molar-refractivity contribution in [2.75, 3.05) is 0 Å². The second-order valence-corrected chi connectivity index (χ2v) is 4.46. The lowest BCUT2D eigenvalue weighted by Gasteiger charge is -2.04. The molecular weight excluding hydrogens is 216 g/mol. The molecule has 2 aromatic rings. The molecular formula is C13H12N2O2. The van der Waals surface area contributed by atoms with Crippen LogP contribution in [0.2, 0.25) is 0 Å². The number of carbonyl (C=O) groups is 2. The Morgan fingerprint density at radius 1 is 1.29 bits per heavy atom. The number of benzene rings is 1. The third-order valence-electron chi connectivity index (χ3n) is 3.21. The number of hydrogen-bond acceptors (Lipinski definition) is 2. The maximum Gasteiger partial charge on any atom is 0.234 e. The van der Waals surface area contributed by atoms with Crippen molar-refractivity contribution in [3.63, 3.8) is 0 Å². The fraction of sp³-hybridized carbons (Fsp3) is 0.231. The summed E-state index contributed by atoms with van der Waals surface area (Å²) in [6, 6.07) is 6.04. The number of rotatable bonds is 1. The molecule has 1 aromatic carbocycles. The van der Waals surface area contributed by atoms with E-state index in [4.69, 9.17) is 0 Å². The van der Waals surface area contributed by atoms with Gasteiger partial charge in [0.1, 0.15) is 0 Å². The van der Waals surface area contributed by atoms with Crippen LogP contribution in [0.5, 0.6) is 0 Å². The van der Waals surface area contributed by atoms with Crippen molar-refractivity contribution < 1.29 is 9.59 Å². The van der Waals surface area contributed by atoms with Crippen LogP contribution < -0.4 is 5.32 Å². The average molecular weight is 228 g/mol. The number of amides is 2. The van der Waals surface area contributed by atoms with Crippen molar-refractivity contribution in [1.29, 1.82) is 0 Å². The summed E-state index contributed by atoms with van der Waals surface area (Å²) in [6.07, 6.45) is 2.08. The molecule has 17 heavy (non-hydrogen) atoms. The summed E-state index contributed by atoms with van der Waals surface area (Å²) in [6.45, 7) is 2.02. The highest BCUT2D eigenvalue weighted by molar-refractivity contribution is 6.07. The minimum Gasteiger partial charge on any atom is -0.361 e. The van der Waals surface area contributed by atoms with Gasteiger partial charge in [0.15, 0.2) is 0 Å². The molecule has 1 saturated heterocycles. The molecule has 0 aliphatic carbocycles. The number of aryl methyl sites for hydroxylation is 1. The zero-order valence-electron chi connectivity index (χ0n) is 9.41. The minimum absolute atomic E-state index is 0.193. The van der Waals surface area contributed by atoms with E-state index in [-0.39, 0.29) is 24.2 Å². The van der Waals surface area contributed by atoms with Gasteiger partial charge in [0, 0.05) is 23.5 Å². The highest BCUT2D eigenvalue weighted by Gasteiger charge is 2.33. The van der Waals surface area contributed by atoms with Crippen molar-refractivity contribution in [3.8, 4) is 0 Å². The van der Waals surface area contributed by atoms with E-state index in [2.05, 4.69) is 10.3 Å². The van der Waals surface area contributed by atoms with Crippen molar-refractivity contribution >= 4 is 22.7 Å². The van der Waals surface area contributed by atoms with Crippen LogP contribution >= 0.6 is 0 Å². The van der Waals surface area contributed by atoms with Crippen molar-refractivity contribution in [3.05, 3.63) is 35.5 Å². The van der Waals surface area contributed by atoms with E-state index in [1.165, 1.54) is 0 Å². The second kappa shape index (κ2) is 3.45. The lowest BCUT2D eigenvalue weighted by molar-refractivity contribution is -0.125. The van der Waals surface area contributed by atoms with Crippen LogP contribution in [-0.2, 0) is 9.59 Å². The van der Waals surface area contributed by atoms with Gasteiger partial charge < -0.3 is 4.98 Å². The molecule has 86 valence electrons. The van der Waals surface area contributed by atoms with E-state index < -0.39 is 0 Å². The van der Waals surface area contributed by atoms with Gasteiger partial charge in [-0.3, -0.25) is 14.9 Å². The maximum absolute atomic E-state index is 11.6. The molecule has 1 fully saturated rings. The topological polar surface area (TPSA) is 62.0 Å². The molecule has 2 heterocycles. The smallest absolute Gasteiger partial charge is 0.234 e. The Balaban J connectivity index is 2.12. The largest absolute Gasteiger partial charge is 0.361 e. The molecule has 0 radical (unpaired) electrons. The number of hydrogen-bond donors (Lipinski definition) is 2. The number of carbonyl (C=O) groups excluding carboxylic acids is 2. The minimum atomic E-state index is -0.348. The van der Waals surface area contributed by atoms with Gasteiger partial charge in [0.25, 0.3) is 0 Å². The highest BCUT2D eigenvalue weighted by Crippen LogP contribution is 2.30. The Morgan fingerprint density at radius 3 is 2.82 bits per heavy atom. The highest BCUT2D eigenvalue weighted by atomic mass is 16.2. The maximum atomic E-state index is 11.6. The third kappa shape index (κ3) is 1.53. The summed E-state index contributed by atoms with van der Waals surface area (Å²) in [5.74, 6) is -0.739. The Bertz CT molecular complexity index is 627. The van der Waals surface area contributed by atoms with Crippen LogP contribution in [0.25, 0.3) is 10.9 Å². The number of aromatic amines is 1. The molecule has 0 saturated carbocycles. The predicted octanol–water partition coefficient (Wildman–Crippen LogP) is 1.61. The molecule has 2 amide bonds. The van der Waals surface area contributed by atoms with E-state index in [0.29, 0.717) is 0 Å². The molecule has 4 nitrogen and oxygen atoms in total. The molecule has 1 aliphatic rings. The zero-order chi connectivity index (χ0) is 12.0. The fourth-order valence-corrected chi connectivity index (χ4v) is 2.36. The van der Waals surface area contributed by atoms with Gasteiger partial charge in [-0.15, -0.1) is 0 Å². The quantitative estimate of drug-likeness (QED) is 0.728. The van der Waals surface area contributed by atoms with Crippen LogP contribution in [0.3, 0.4) is 0 Å². The number of fused-ring (bicyclic) bond motifs is 1. The number of aromatic nitrogens is 1. The first kappa shape index (κ1) is 10.1. The zero-order valence-corrected chi connectivity index (χ0v) is 9.41. The van der Waals surface area contributed by atoms with Gasteiger partial charge in [-0.1, -0.05) is 12.1 Å². The van der Waals surface area contributed by atoms with Gasteiger partial charge in [0.05, 0.1) is 5.92 Å². The molecule has 1 unspecified atom stereocenters. The van der Waals surface area contributed by atoms with E-state index in [0.717, 1.165) is 22.0 Å². The Labute approximate surface area is 98.0 Å². The second-order valence-electron chi connectivity index (χ2n) is 4.46. The monoisotopic (exact) mass is 228 g/mol. The lowest BCUT2D eigenvalue weighted by Crippen LogP contribution is -2.21. The predicted molar refractivity (Wildman–Crippen MR) is 63.5 cm³/mol. The first-order valence-electron chi connectivity index (χ1n) is 5.56. The number of nitrogens with one attached hydrogen (secondary N) is 2. The van der Waals surface area contributed by atoms with Gasteiger partial charge >= 0.3 is 0 Å². The standard InChI is InChI=1S/C13H12N2O2/c1-7-2-3-8-10(6-14-11(8)4-7)9-5-12(16)15-13(9)17/h2-4,6,9,14H,5H2,1H3,(H,15,16,17). The normalized spacial score (nSPS) is 19.9. The van der Waals surface area contributed by atoms with E-state index in [1.54, 1.807) is 0 Å². The average Bonchev–Trinajstić information content (AvgIpc) is 2.81. The SMILES string of the molecule is Cc1ccc2c(C3CC(=O)NC3=O)c[nH]c2c1. The molecule has 4 heteroatoms. The van der Waals surface area contributed by atoms with Crippen molar-refractivity contribution in [2.45, 2.75) is 19.3 Å². The van der Waals surface area contributed by atoms with Gasteiger partial charge in [-0.05, 0) is 24.1 Å². The Morgan fingerprint density at radius 2 is 2.12 bits per heavy atom. The summed E-state index contributed by atoms with van der Waals surface area (Å²) in [4.78, 5) is 26.0. The van der Waals surface area contributed by atoms with E-state index in [9.17, 15) is 9.59 Å². The van der Waals surface area contributed by atoms with Crippen LogP contribution in [0.4, 0.5) is 0 Å². The molecule has 1 aliphatic heterocycles. The number of H-pyrrole nitrogens is 1. The van der Waals surface area contributed by atoms with Gasteiger partial charge in [0.2, 0.25) is 11.8 Å². The Hall–Kier alpha value is -2.10. The molecule has 1 aromatic heterocycles. The van der Waals surface area contributed by atoms with Gasteiger partial charge in [-0.2, -0.15) is 0 Å². The summed E-state index contributed by atoms with van der Waals surface area (Å²) in [7, 11) is 0. The van der Waals surface area contributed by atoms with E-state index in [1.807, 2.05) is 31.3 Å². The molecule has 3 rings (SSSR count). The summed E-state index contributed by atoms with van der Waals surface area (Å²) in [5.41, 5.74) is 3.08. The molecule has 0 bridgehead atoms. The number of imide groups is 1. The summed E-state index contributed by atoms with van der Waals surface area (Å²) < 4.78 is 0. The first-order chi connectivity index (χ1) is 8.15. The molecule has 2 N–H and O–H groups in total. The molecule has 1 atom stereocenters. The molecule has 0 spiro atoms. The first-order valence-corrected chi connectivity index (χ1v) is 5.56. The van der Waals surface area contributed by atoms with Crippen LogP contribution in [-0.4, -0.2) is 16.8 Å². The van der Waals surface area contributed by atoms with E-state index >= 15 is 0 Å². The summed E-state index contributed by atoms with van der Waals surface area (Å²) in [5, 5.41) is 3.36. The fourth-order valence-electron chi connectivity index (χ4n) is 2.36. The Kier molecular flexibility index (Phi) is 2.04. The van der Waals surface area contributed by atoms with Crippen LogP contribution in [0, 0.1) is 6.92 Å². The van der Waals surface area contributed by atoms with Crippen molar-refractivity contribution in [1.82, 2.24) is 10.3 Å². The van der Waals surface area contributed by atoms with Crippen LogP contribution in [0.1, 0.15) is 23.5 Å². The summed E-state index contributed by atoms with van der Waals surface area (Å²) >= 11 is 0.